The molecule has 0 bridgehead atoms. The molecule has 0 aliphatic carbocycles. The Morgan fingerprint density at radius 3 is 2.50 bits per heavy atom. The largest absolute Gasteiger partial charge is 0.493 e. The lowest BCUT2D eigenvalue weighted by molar-refractivity contribution is -0.139. The van der Waals surface area contributed by atoms with E-state index in [9.17, 15) is 19.5 Å². The van der Waals surface area contributed by atoms with E-state index in [1.54, 1.807) is 6.07 Å². The summed E-state index contributed by atoms with van der Waals surface area (Å²) in [5.74, 6) is -1.37. The Labute approximate surface area is 182 Å². The SMILES string of the molecule is O=C(NCC(NC(=O)c1c(Cl)cccc1Cl)C(=O)O)NC1CCOc2ccccc21. The number of fused-ring (bicyclic) bond motifs is 1. The highest BCUT2D eigenvalue weighted by molar-refractivity contribution is 6.39. The first-order valence-corrected chi connectivity index (χ1v) is 9.86. The van der Waals surface area contributed by atoms with Crippen LogP contribution in [0.4, 0.5) is 4.79 Å². The summed E-state index contributed by atoms with van der Waals surface area (Å²) in [7, 11) is 0. The predicted molar refractivity (Wildman–Crippen MR) is 111 cm³/mol. The lowest BCUT2D eigenvalue weighted by Gasteiger charge is -2.27. The van der Waals surface area contributed by atoms with Crippen LogP contribution >= 0.6 is 23.2 Å². The van der Waals surface area contributed by atoms with Gasteiger partial charge in [-0.05, 0) is 18.2 Å². The molecule has 0 saturated heterocycles. The number of hydrogen-bond acceptors (Lipinski definition) is 4. The van der Waals surface area contributed by atoms with Crippen LogP contribution in [0.1, 0.15) is 28.4 Å². The van der Waals surface area contributed by atoms with Crippen molar-refractivity contribution >= 4 is 41.1 Å². The first-order chi connectivity index (χ1) is 14.4. The van der Waals surface area contributed by atoms with Crippen LogP contribution in [-0.2, 0) is 4.79 Å². The van der Waals surface area contributed by atoms with Gasteiger partial charge >= 0.3 is 12.0 Å². The number of carbonyl (C=O) groups excluding carboxylic acids is 2. The molecule has 2 unspecified atom stereocenters. The molecule has 2 aromatic carbocycles. The van der Waals surface area contributed by atoms with Crippen molar-refractivity contribution in [3.8, 4) is 5.75 Å². The lowest BCUT2D eigenvalue weighted by Crippen LogP contribution is -2.50. The van der Waals surface area contributed by atoms with Gasteiger partial charge in [0.05, 0.1) is 34.8 Å². The summed E-state index contributed by atoms with van der Waals surface area (Å²) in [6, 6.07) is 9.65. The molecule has 158 valence electrons. The van der Waals surface area contributed by atoms with E-state index in [1.165, 1.54) is 12.1 Å². The summed E-state index contributed by atoms with van der Waals surface area (Å²) in [5, 5.41) is 17.2. The summed E-state index contributed by atoms with van der Waals surface area (Å²) in [6.07, 6.45) is 0.578. The van der Waals surface area contributed by atoms with E-state index < -0.39 is 23.9 Å². The van der Waals surface area contributed by atoms with Crippen LogP contribution in [-0.4, -0.2) is 42.2 Å². The maximum Gasteiger partial charge on any atom is 0.328 e. The number of carbonyl (C=O) groups is 3. The van der Waals surface area contributed by atoms with Crippen LogP contribution in [0.25, 0.3) is 0 Å². The van der Waals surface area contributed by atoms with Crippen molar-refractivity contribution in [3.63, 3.8) is 0 Å². The van der Waals surface area contributed by atoms with Gasteiger partial charge in [-0.3, -0.25) is 4.79 Å². The quantitative estimate of drug-likeness (QED) is 0.538. The van der Waals surface area contributed by atoms with E-state index in [0.29, 0.717) is 18.8 Å². The number of nitrogens with one attached hydrogen (secondary N) is 3. The van der Waals surface area contributed by atoms with E-state index >= 15 is 0 Å². The molecule has 10 heteroatoms. The van der Waals surface area contributed by atoms with Crippen LogP contribution in [0.2, 0.25) is 10.0 Å². The average molecular weight is 452 g/mol. The van der Waals surface area contributed by atoms with Crippen molar-refractivity contribution < 1.29 is 24.2 Å². The summed E-state index contributed by atoms with van der Waals surface area (Å²) >= 11 is 12.0. The van der Waals surface area contributed by atoms with Gasteiger partial charge in [0.2, 0.25) is 0 Å². The number of rotatable bonds is 6. The van der Waals surface area contributed by atoms with Crippen molar-refractivity contribution in [2.45, 2.75) is 18.5 Å². The van der Waals surface area contributed by atoms with Gasteiger partial charge in [0, 0.05) is 12.0 Å². The second-order valence-electron chi connectivity index (χ2n) is 6.54. The third-order valence-electron chi connectivity index (χ3n) is 4.52. The van der Waals surface area contributed by atoms with Gasteiger partial charge in [-0.2, -0.15) is 0 Å². The molecule has 0 saturated carbocycles. The zero-order valence-corrected chi connectivity index (χ0v) is 17.2. The third kappa shape index (κ3) is 5.14. The highest BCUT2D eigenvalue weighted by Crippen LogP contribution is 2.31. The van der Waals surface area contributed by atoms with Gasteiger partial charge in [0.25, 0.3) is 5.91 Å². The van der Waals surface area contributed by atoms with Crippen LogP contribution in [0.5, 0.6) is 5.75 Å². The minimum Gasteiger partial charge on any atom is -0.493 e. The van der Waals surface area contributed by atoms with E-state index in [0.717, 1.165) is 5.56 Å². The fraction of sp³-hybridized carbons (Fsp3) is 0.250. The highest BCUT2D eigenvalue weighted by Gasteiger charge is 2.26. The number of benzene rings is 2. The fourth-order valence-corrected chi connectivity index (χ4v) is 3.61. The molecule has 0 fully saturated rings. The molecule has 2 atom stereocenters. The van der Waals surface area contributed by atoms with Gasteiger partial charge < -0.3 is 25.8 Å². The molecule has 3 amide bonds. The molecule has 8 nitrogen and oxygen atoms in total. The van der Waals surface area contributed by atoms with E-state index in [4.69, 9.17) is 27.9 Å². The number of urea groups is 1. The number of amides is 3. The predicted octanol–water partition coefficient (Wildman–Crippen LogP) is 3.00. The van der Waals surface area contributed by atoms with Crippen LogP contribution < -0.4 is 20.7 Å². The van der Waals surface area contributed by atoms with Crippen LogP contribution in [0, 0.1) is 0 Å². The number of carboxylic acid groups (broad SMARTS) is 1. The molecule has 1 aliphatic heterocycles. The molecule has 0 aromatic heterocycles. The van der Waals surface area contributed by atoms with Gasteiger partial charge in [0.1, 0.15) is 11.8 Å². The minimum absolute atomic E-state index is 0.0321. The normalized spacial score (nSPS) is 15.9. The summed E-state index contributed by atoms with van der Waals surface area (Å²) in [5.41, 5.74) is 0.811. The first-order valence-electron chi connectivity index (χ1n) is 9.10. The van der Waals surface area contributed by atoms with Crippen molar-refractivity contribution in [3.05, 3.63) is 63.6 Å². The Morgan fingerprint density at radius 2 is 1.80 bits per heavy atom. The Morgan fingerprint density at radius 1 is 1.10 bits per heavy atom. The van der Waals surface area contributed by atoms with Gasteiger partial charge in [-0.25, -0.2) is 9.59 Å². The van der Waals surface area contributed by atoms with Crippen molar-refractivity contribution in [2.75, 3.05) is 13.2 Å². The Balaban J connectivity index is 1.59. The molecule has 0 spiro atoms. The van der Waals surface area contributed by atoms with Crippen molar-refractivity contribution in [1.29, 1.82) is 0 Å². The summed E-state index contributed by atoms with van der Waals surface area (Å²) < 4.78 is 5.55. The topological polar surface area (TPSA) is 117 Å². The first kappa shape index (κ1) is 21.7. The Hall–Kier alpha value is -2.97. The Bertz CT molecular complexity index is 949. The zero-order chi connectivity index (χ0) is 21.7. The number of carboxylic acids is 1. The van der Waals surface area contributed by atoms with Crippen LogP contribution in [0.3, 0.4) is 0 Å². The average Bonchev–Trinajstić information content (AvgIpc) is 2.71. The third-order valence-corrected chi connectivity index (χ3v) is 5.15. The van der Waals surface area contributed by atoms with E-state index in [1.807, 2.05) is 24.3 Å². The Kier molecular flexibility index (Phi) is 7.02. The van der Waals surface area contributed by atoms with Crippen molar-refractivity contribution in [2.24, 2.45) is 0 Å². The second kappa shape index (κ2) is 9.69. The molecule has 3 rings (SSSR count). The second-order valence-corrected chi connectivity index (χ2v) is 7.36. The number of ether oxygens (including phenoxy) is 1. The van der Waals surface area contributed by atoms with Gasteiger partial charge in [0.15, 0.2) is 0 Å². The molecule has 1 aliphatic rings. The number of hydrogen-bond donors (Lipinski definition) is 4. The van der Waals surface area contributed by atoms with Gasteiger partial charge in [-0.1, -0.05) is 47.5 Å². The zero-order valence-electron chi connectivity index (χ0n) is 15.7. The van der Waals surface area contributed by atoms with E-state index in [-0.39, 0.29) is 28.2 Å². The standard InChI is InChI=1S/C20H19Cl2N3O5/c21-12-5-3-6-13(22)17(12)18(26)24-15(19(27)28)10-23-20(29)25-14-8-9-30-16-7-2-1-4-11(14)16/h1-7,14-15H,8-10H2,(H,24,26)(H,27,28)(H2,23,25,29). The molecular formula is C20H19Cl2N3O5. The minimum atomic E-state index is -1.38. The maximum absolute atomic E-state index is 12.4. The number of halogens is 2. The smallest absolute Gasteiger partial charge is 0.328 e. The molecule has 4 N–H and O–H groups in total. The molecule has 2 aromatic rings. The number of aliphatic carboxylic acids is 1. The summed E-state index contributed by atoms with van der Waals surface area (Å²) in [6.45, 7) is 0.119. The lowest BCUT2D eigenvalue weighted by atomic mass is 10.0. The highest BCUT2D eigenvalue weighted by atomic mass is 35.5. The maximum atomic E-state index is 12.4. The number of para-hydroxylation sites is 1. The monoisotopic (exact) mass is 451 g/mol. The molecule has 30 heavy (non-hydrogen) atoms. The molecule has 1 heterocycles. The van der Waals surface area contributed by atoms with Gasteiger partial charge in [-0.15, -0.1) is 0 Å². The summed E-state index contributed by atoms with van der Waals surface area (Å²) in [4.78, 5) is 36.2. The van der Waals surface area contributed by atoms with E-state index in [2.05, 4.69) is 16.0 Å². The molecule has 0 radical (unpaired) electrons. The van der Waals surface area contributed by atoms with Crippen molar-refractivity contribution in [1.82, 2.24) is 16.0 Å². The molecular weight excluding hydrogens is 433 g/mol. The van der Waals surface area contributed by atoms with Crippen LogP contribution in [0.15, 0.2) is 42.5 Å². The fourth-order valence-electron chi connectivity index (χ4n) is 3.04.